The molecule has 0 bridgehead atoms. The number of aromatic carboxylic acids is 1. The van der Waals surface area contributed by atoms with Gasteiger partial charge in [0.1, 0.15) is 11.4 Å². The molecular weight excluding hydrogens is 240 g/mol. The molecule has 0 spiro atoms. The highest BCUT2D eigenvalue weighted by Crippen LogP contribution is 2.29. The molecule has 1 heterocycles. The second-order valence-electron chi connectivity index (χ2n) is 4.62. The number of nitrogens with zero attached hydrogens (tertiary/aromatic N) is 2. The summed E-state index contributed by atoms with van der Waals surface area (Å²) in [6, 6.07) is 9.53. The number of carboxylic acid groups (broad SMARTS) is 1. The zero-order valence-corrected chi connectivity index (χ0v) is 11.2. The highest BCUT2D eigenvalue weighted by molar-refractivity contribution is 6.00. The molecule has 2 aromatic rings. The van der Waals surface area contributed by atoms with Gasteiger partial charge in [-0.05, 0) is 18.6 Å². The lowest BCUT2D eigenvalue weighted by Gasteiger charge is -2.16. The molecule has 0 aliphatic heterocycles. The maximum absolute atomic E-state index is 11.5. The quantitative estimate of drug-likeness (QED) is 0.917. The highest BCUT2D eigenvalue weighted by Gasteiger charge is 2.19. The first-order valence-electron chi connectivity index (χ1n) is 5.97. The van der Waals surface area contributed by atoms with Crippen LogP contribution in [0, 0.1) is 6.92 Å². The number of aromatic nitrogens is 1. The number of carboxylic acids is 1. The summed E-state index contributed by atoms with van der Waals surface area (Å²) < 4.78 is 0. The Balaban J connectivity index is 2.66. The lowest BCUT2D eigenvalue weighted by atomic mass is 10.00. The molecule has 98 valence electrons. The van der Waals surface area contributed by atoms with E-state index < -0.39 is 5.97 Å². The van der Waals surface area contributed by atoms with Gasteiger partial charge in [-0.15, -0.1) is 0 Å². The van der Waals surface area contributed by atoms with Gasteiger partial charge in [-0.1, -0.05) is 29.8 Å². The smallest absolute Gasteiger partial charge is 0.340 e. The van der Waals surface area contributed by atoms with Crippen LogP contribution in [0.4, 0.5) is 5.82 Å². The van der Waals surface area contributed by atoms with E-state index in [9.17, 15) is 9.90 Å². The van der Waals surface area contributed by atoms with Crippen LogP contribution in [0.25, 0.3) is 11.1 Å². The maximum Gasteiger partial charge on any atom is 0.340 e. The molecule has 1 aromatic carbocycles. The third-order valence-corrected chi connectivity index (χ3v) is 2.93. The number of anilines is 1. The zero-order chi connectivity index (χ0) is 14.0. The summed E-state index contributed by atoms with van der Waals surface area (Å²) in [6.07, 6.45) is 1.64. The molecule has 0 aliphatic carbocycles. The predicted molar refractivity (Wildman–Crippen MR) is 75.7 cm³/mol. The molecule has 0 saturated heterocycles. The zero-order valence-electron chi connectivity index (χ0n) is 11.2. The van der Waals surface area contributed by atoms with E-state index in [1.165, 1.54) is 0 Å². The van der Waals surface area contributed by atoms with Crippen molar-refractivity contribution in [1.82, 2.24) is 4.98 Å². The topological polar surface area (TPSA) is 53.4 Å². The van der Waals surface area contributed by atoms with Gasteiger partial charge in [0.25, 0.3) is 0 Å². The van der Waals surface area contributed by atoms with Gasteiger partial charge in [-0.25, -0.2) is 9.78 Å². The van der Waals surface area contributed by atoms with Crippen molar-refractivity contribution in [2.45, 2.75) is 6.92 Å². The molecule has 0 amide bonds. The molecule has 0 aliphatic rings. The Labute approximate surface area is 112 Å². The third-order valence-electron chi connectivity index (χ3n) is 2.93. The minimum Gasteiger partial charge on any atom is -0.478 e. The Morgan fingerprint density at radius 1 is 1.16 bits per heavy atom. The van der Waals surface area contributed by atoms with E-state index in [2.05, 4.69) is 4.98 Å². The summed E-state index contributed by atoms with van der Waals surface area (Å²) in [4.78, 5) is 17.4. The molecule has 0 unspecified atom stereocenters. The molecule has 19 heavy (non-hydrogen) atoms. The van der Waals surface area contributed by atoms with Gasteiger partial charge in [-0.3, -0.25) is 0 Å². The van der Waals surface area contributed by atoms with Crippen molar-refractivity contribution < 1.29 is 9.90 Å². The number of pyridine rings is 1. The van der Waals surface area contributed by atoms with Gasteiger partial charge in [0.05, 0.1) is 0 Å². The van der Waals surface area contributed by atoms with E-state index in [0.29, 0.717) is 11.4 Å². The second kappa shape index (κ2) is 5.10. The summed E-state index contributed by atoms with van der Waals surface area (Å²) in [6.45, 7) is 2.00. The summed E-state index contributed by atoms with van der Waals surface area (Å²) in [5, 5.41) is 9.44. The van der Waals surface area contributed by atoms with Crippen molar-refractivity contribution in [3.05, 3.63) is 47.7 Å². The van der Waals surface area contributed by atoms with Crippen LogP contribution in [0.15, 0.2) is 36.5 Å². The molecule has 1 aromatic heterocycles. The molecule has 2 rings (SSSR count). The monoisotopic (exact) mass is 256 g/mol. The van der Waals surface area contributed by atoms with Gasteiger partial charge >= 0.3 is 5.97 Å². The maximum atomic E-state index is 11.5. The number of carbonyl (C=O) groups is 1. The van der Waals surface area contributed by atoms with Crippen molar-refractivity contribution >= 4 is 11.8 Å². The number of rotatable bonds is 3. The minimum atomic E-state index is -0.965. The van der Waals surface area contributed by atoms with Crippen LogP contribution < -0.4 is 4.90 Å². The van der Waals surface area contributed by atoms with E-state index in [1.807, 2.05) is 31.2 Å². The van der Waals surface area contributed by atoms with Crippen molar-refractivity contribution in [1.29, 1.82) is 0 Å². The van der Waals surface area contributed by atoms with Crippen LogP contribution in [0.3, 0.4) is 0 Å². The lowest BCUT2D eigenvalue weighted by molar-refractivity contribution is 0.0698. The Kier molecular flexibility index (Phi) is 3.51. The second-order valence-corrected chi connectivity index (χ2v) is 4.62. The van der Waals surface area contributed by atoms with Gasteiger partial charge < -0.3 is 10.0 Å². The van der Waals surface area contributed by atoms with Crippen molar-refractivity contribution in [3.8, 4) is 11.1 Å². The number of hydrogen-bond acceptors (Lipinski definition) is 3. The molecule has 0 radical (unpaired) electrons. The SMILES string of the molecule is Cc1ccc(-c2ccnc(N(C)C)c2C(=O)O)cc1. The Bertz CT molecular complexity index is 604. The van der Waals surface area contributed by atoms with Crippen molar-refractivity contribution in [2.24, 2.45) is 0 Å². The van der Waals surface area contributed by atoms with Gasteiger partial charge in [-0.2, -0.15) is 0 Å². The van der Waals surface area contributed by atoms with Gasteiger partial charge in [0.2, 0.25) is 0 Å². The van der Waals surface area contributed by atoms with E-state index >= 15 is 0 Å². The Morgan fingerprint density at radius 2 is 1.79 bits per heavy atom. The molecule has 1 N–H and O–H groups in total. The molecule has 4 heteroatoms. The number of hydrogen-bond donors (Lipinski definition) is 1. The first-order valence-corrected chi connectivity index (χ1v) is 5.97. The lowest BCUT2D eigenvalue weighted by Crippen LogP contribution is -2.16. The fraction of sp³-hybridized carbons (Fsp3) is 0.200. The summed E-state index contributed by atoms with van der Waals surface area (Å²) >= 11 is 0. The van der Waals surface area contributed by atoms with Crippen molar-refractivity contribution in [3.63, 3.8) is 0 Å². The Morgan fingerprint density at radius 3 is 2.32 bits per heavy atom. The fourth-order valence-corrected chi connectivity index (χ4v) is 1.97. The summed E-state index contributed by atoms with van der Waals surface area (Å²) in [7, 11) is 3.57. The molecule has 0 atom stereocenters. The highest BCUT2D eigenvalue weighted by atomic mass is 16.4. The average molecular weight is 256 g/mol. The van der Waals surface area contributed by atoms with E-state index in [-0.39, 0.29) is 5.56 Å². The molecular formula is C15H16N2O2. The van der Waals surface area contributed by atoms with Crippen LogP contribution in [-0.4, -0.2) is 30.2 Å². The largest absolute Gasteiger partial charge is 0.478 e. The molecule has 4 nitrogen and oxygen atoms in total. The van der Waals surface area contributed by atoms with Crippen LogP contribution >= 0.6 is 0 Å². The first-order chi connectivity index (χ1) is 9.00. The fourth-order valence-electron chi connectivity index (χ4n) is 1.97. The van der Waals surface area contributed by atoms with Crippen LogP contribution in [0.5, 0.6) is 0 Å². The normalized spacial score (nSPS) is 10.3. The van der Waals surface area contributed by atoms with Crippen molar-refractivity contribution in [2.75, 3.05) is 19.0 Å². The van der Waals surface area contributed by atoms with Gasteiger partial charge in [0.15, 0.2) is 0 Å². The number of benzene rings is 1. The number of aryl methyl sites for hydroxylation is 1. The van der Waals surface area contributed by atoms with Crippen LogP contribution in [0.1, 0.15) is 15.9 Å². The molecule has 0 fully saturated rings. The van der Waals surface area contributed by atoms with E-state index in [0.717, 1.165) is 11.1 Å². The van der Waals surface area contributed by atoms with Gasteiger partial charge in [0, 0.05) is 25.9 Å². The standard InChI is InChI=1S/C15H16N2O2/c1-10-4-6-11(7-5-10)12-8-9-16-14(17(2)3)13(12)15(18)19/h4-9H,1-3H3,(H,18,19). The Hall–Kier alpha value is -2.36. The third kappa shape index (κ3) is 2.57. The first kappa shape index (κ1) is 13.1. The minimum absolute atomic E-state index is 0.233. The van der Waals surface area contributed by atoms with E-state index in [4.69, 9.17) is 0 Å². The predicted octanol–water partition coefficient (Wildman–Crippen LogP) is 2.82. The molecule has 0 saturated carbocycles. The average Bonchev–Trinajstić information content (AvgIpc) is 2.38. The summed E-state index contributed by atoms with van der Waals surface area (Å²) in [5.74, 6) is -0.502. The van der Waals surface area contributed by atoms with Crippen LogP contribution in [-0.2, 0) is 0 Å². The van der Waals surface area contributed by atoms with E-state index in [1.54, 1.807) is 31.3 Å². The van der Waals surface area contributed by atoms with Crippen LogP contribution in [0.2, 0.25) is 0 Å². The summed E-state index contributed by atoms with van der Waals surface area (Å²) in [5.41, 5.74) is 2.94.